The highest BCUT2D eigenvalue weighted by molar-refractivity contribution is 5.80. The van der Waals surface area contributed by atoms with Crippen LogP contribution in [-0.4, -0.2) is 18.1 Å². The summed E-state index contributed by atoms with van der Waals surface area (Å²) < 4.78 is 5.74. The van der Waals surface area contributed by atoms with Crippen LogP contribution in [0.3, 0.4) is 0 Å². The number of hydrogen-bond acceptors (Lipinski definition) is 3. The molecule has 0 aliphatic rings. The van der Waals surface area contributed by atoms with Crippen molar-refractivity contribution in [3.8, 4) is 5.75 Å². The first-order chi connectivity index (χ1) is 8.95. The van der Waals surface area contributed by atoms with Gasteiger partial charge in [0.1, 0.15) is 5.75 Å². The lowest BCUT2D eigenvalue weighted by Gasteiger charge is -2.20. The molecule has 1 amide bonds. The molecule has 0 aromatic heterocycles. The molecule has 0 fully saturated rings. The fourth-order valence-corrected chi connectivity index (χ4v) is 1.76. The van der Waals surface area contributed by atoms with E-state index in [1.807, 2.05) is 45.0 Å². The maximum absolute atomic E-state index is 11.8. The van der Waals surface area contributed by atoms with E-state index in [9.17, 15) is 4.79 Å². The number of nitrogens with two attached hydrogens (primary N) is 1. The van der Waals surface area contributed by atoms with Crippen LogP contribution in [0.5, 0.6) is 5.75 Å². The van der Waals surface area contributed by atoms with E-state index in [4.69, 9.17) is 10.5 Å². The van der Waals surface area contributed by atoms with Crippen LogP contribution in [0.15, 0.2) is 24.3 Å². The van der Waals surface area contributed by atoms with Crippen LogP contribution in [-0.2, 0) is 4.79 Å². The van der Waals surface area contributed by atoms with E-state index in [1.165, 1.54) is 0 Å². The largest absolute Gasteiger partial charge is 0.481 e. The van der Waals surface area contributed by atoms with Crippen molar-refractivity contribution in [3.05, 3.63) is 29.8 Å². The van der Waals surface area contributed by atoms with Crippen molar-refractivity contribution in [1.82, 2.24) is 5.32 Å². The molecule has 0 aliphatic heterocycles. The van der Waals surface area contributed by atoms with Gasteiger partial charge in [0, 0.05) is 17.6 Å². The fraction of sp³-hybridized carbons (Fsp3) is 0.533. The Morgan fingerprint density at radius 1 is 1.32 bits per heavy atom. The van der Waals surface area contributed by atoms with Crippen LogP contribution >= 0.6 is 0 Å². The van der Waals surface area contributed by atoms with E-state index in [-0.39, 0.29) is 18.0 Å². The maximum atomic E-state index is 11.8. The van der Waals surface area contributed by atoms with Crippen LogP contribution < -0.4 is 15.8 Å². The van der Waals surface area contributed by atoms with Crippen LogP contribution in [0.4, 0.5) is 0 Å². The van der Waals surface area contributed by atoms with Gasteiger partial charge in [-0.1, -0.05) is 25.1 Å². The zero-order valence-electron chi connectivity index (χ0n) is 12.1. The summed E-state index contributed by atoms with van der Waals surface area (Å²) in [4.78, 5) is 11.8. The van der Waals surface area contributed by atoms with Crippen LogP contribution in [0.1, 0.15) is 45.7 Å². The lowest BCUT2D eigenvalue weighted by molar-refractivity contribution is -0.127. The standard InChI is InChI=1S/C15H24N2O2/c1-5-13(16)12-8-6-7-9-14(12)19-11(4)15(18)17-10(2)3/h6-11,13H,5,16H2,1-4H3,(H,17,18)/t11?,13-/m0/s1. The summed E-state index contributed by atoms with van der Waals surface area (Å²) in [6.45, 7) is 7.61. The minimum absolute atomic E-state index is 0.0726. The van der Waals surface area contributed by atoms with Gasteiger partial charge in [-0.2, -0.15) is 0 Å². The molecule has 0 heterocycles. The normalized spacial score (nSPS) is 14.0. The summed E-state index contributed by atoms with van der Waals surface area (Å²) in [5, 5.41) is 2.83. The van der Waals surface area contributed by atoms with Crippen LogP contribution in [0.2, 0.25) is 0 Å². The van der Waals surface area contributed by atoms with E-state index in [0.717, 1.165) is 12.0 Å². The number of nitrogens with one attached hydrogen (secondary N) is 1. The summed E-state index contributed by atoms with van der Waals surface area (Å²) >= 11 is 0. The van der Waals surface area contributed by atoms with Gasteiger partial charge in [0.05, 0.1) is 0 Å². The predicted molar refractivity (Wildman–Crippen MR) is 77.0 cm³/mol. The second-order valence-electron chi connectivity index (χ2n) is 4.98. The molecular formula is C15H24N2O2. The highest BCUT2D eigenvalue weighted by atomic mass is 16.5. The second kappa shape index (κ2) is 7.14. The molecule has 4 heteroatoms. The lowest BCUT2D eigenvalue weighted by atomic mass is 10.0. The van der Waals surface area contributed by atoms with E-state index < -0.39 is 6.10 Å². The summed E-state index contributed by atoms with van der Waals surface area (Å²) in [6.07, 6.45) is 0.292. The average Bonchev–Trinajstić information content (AvgIpc) is 2.37. The molecule has 4 nitrogen and oxygen atoms in total. The second-order valence-corrected chi connectivity index (χ2v) is 4.98. The van der Waals surface area contributed by atoms with E-state index in [1.54, 1.807) is 6.92 Å². The Morgan fingerprint density at radius 2 is 1.95 bits per heavy atom. The predicted octanol–water partition coefficient (Wildman–Crippen LogP) is 2.39. The van der Waals surface area contributed by atoms with E-state index >= 15 is 0 Å². The summed E-state index contributed by atoms with van der Waals surface area (Å²) in [5.74, 6) is 0.568. The van der Waals surface area contributed by atoms with Gasteiger partial charge < -0.3 is 15.8 Å². The number of amides is 1. The van der Waals surface area contributed by atoms with E-state index in [0.29, 0.717) is 5.75 Å². The van der Waals surface area contributed by atoms with Crippen molar-refractivity contribution in [1.29, 1.82) is 0 Å². The third kappa shape index (κ3) is 4.56. The zero-order chi connectivity index (χ0) is 14.4. The first kappa shape index (κ1) is 15.5. The minimum atomic E-state index is -0.535. The Bertz CT molecular complexity index is 418. The molecule has 1 aromatic rings. The van der Waals surface area contributed by atoms with Crippen molar-refractivity contribution >= 4 is 5.91 Å². The van der Waals surface area contributed by atoms with Crippen molar-refractivity contribution in [2.75, 3.05) is 0 Å². The zero-order valence-corrected chi connectivity index (χ0v) is 12.1. The number of para-hydroxylation sites is 1. The first-order valence-electron chi connectivity index (χ1n) is 6.77. The Balaban J connectivity index is 2.79. The summed E-state index contributed by atoms with van der Waals surface area (Å²) in [6, 6.07) is 7.63. The van der Waals surface area contributed by atoms with E-state index in [2.05, 4.69) is 5.32 Å². The molecule has 2 atom stereocenters. The monoisotopic (exact) mass is 264 g/mol. The summed E-state index contributed by atoms with van der Waals surface area (Å²) in [5.41, 5.74) is 6.99. The molecule has 0 bridgehead atoms. The van der Waals surface area contributed by atoms with Gasteiger partial charge in [-0.15, -0.1) is 0 Å². The van der Waals surface area contributed by atoms with Crippen LogP contribution in [0, 0.1) is 0 Å². The number of rotatable bonds is 6. The van der Waals surface area contributed by atoms with Gasteiger partial charge in [-0.05, 0) is 33.3 Å². The molecule has 0 saturated carbocycles. The van der Waals surface area contributed by atoms with Gasteiger partial charge in [0.25, 0.3) is 5.91 Å². The molecule has 0 spiro atoms. The average molecular weight is 264 g/mol. The Labute approximate surface area is 115 Å². The van der Waals surface area contributed by atoms with Gasteiger partial charge in [0.15, 0.2) is 6.10 Å². The maximum Gasteiger partial charge on any atom is 0.260 e. The van der Waals surface area contributed by atoms with Gasteiger partial charge in [0.2, 0.25) is 0 Å². The Kier molecular flexibility index (Phi) is 5.83. The number of carbonyl (C=O) groups is 1. The van der Waals surface area contributed by atoms with Crippen molar-refractivity contribution in [2.45, 2.75) is 52.3 Å². The number of benzene rings is 1. The molecule has 0 saturated heterocycles. The van der Waals surface area contributed by atoms with Crippen molar-refractivity contribution in [2.24, 2.45) is 5.73 Å². The Morgan fingerprint density at radius 3 is 2.53 bits per heavy atom. The summed E-state index contributed by atoms with van der Waals surface area (Å²) in [7, 11) is 0. The molecular weight excluding hydrogens is 240 g/mol. The van der Waals surface area contributed by atoms with Crippen LogP contribution in [0.25, 0.3) is 0 Å². The molecule has 1 rings (SSSR count). The van der Waals surface area contributed by atoms with Gasteiger partial charge in [-0.3, -0.25) is 4.79 Å². The molecule has 106 valence electrons. The van der Waals surface area contributed by atoms with Gasteiger partial charge in [-0.25, -0.2) is 0 Å². The quantitative estimate of drug-likeness (QED) is 0.829. The molecule has 0 radical (unpaired) electrons. The van der Waals surface area contributed by atoms with Gasteiger partial charge >= 0.3 is 0 Å². The smallest absolute Gasteiger partial charge is 0.260 e. The Hall–Kier alpha value is -1.55. The minimum Gasteiger partial charge on any atom is -0.481 e. The first-order valence-corrected chi connectivity index (χ1v) is 6.77. The van der Waals surface area contributed by atoms with Crippen molar-refractivity contribution < 1.29 is 9.53 Å². The number of hydrogen-bond donors (Lipinski definition) is 2. The SMILES string of the molecule is CC[C@H](N)c1ccccc1OC(C)C(=O)NC(C)C. The molecule has 0 aliphatic carbocycles. The third-order valence-corrected chi connectivity index (χ3v) is 2.86. The molecule has 19 heavy (non-hydrogen) atoms. The molecule has 1 unspecified atom stereocenters. The third-order valence-electron chi connectivity index (χ3n) is 2.86. The fourth-order valence-electron chi connectivity index (χ4n) is 1.76. The molecule has 1 aromatic carbocycles. The lowest BCUT2D eigenvalue weighted by Crippen LogP contribution is -2.40. The number of ether oxygens (including phenoxy) is 1. The highest BCUT2D eigenvalue weighted by Crippen LogP contribution is 2.26. The number of carbonyl (C=O) groups excluding carboxylic acids is 1. The molecule has 3 N–H and O–H groups in total. The van der Waals surface area contributed by atoms with Crippen molar-refractivity contribution in [3.63, 3.8) is 0 Å². The highest BCUT2D eigenvalue weighted by Gasteiger charge is 2.18. The topological polar surface area (TPSA) is 64.3 Å².